The van der Waals surface area contributed by atoms with Crippen LogP contribution in [0, 0.1) is 0 Å². The molecule has 0 saturated carbocycles. The predicted molar refractivity (Wildman–Crippen MR) is 74.6 cm³/mol. The molecule has 1 fully saturated rings. The molecule has 18 heavy (non-hydrogen) atoms. The van der Waals surface area contributed by atoms with Crippen LogP contribution < -0.4 is 5.32 Å². The van der Waals surface area contributed by atoms with Crippen LogP contribution in [0.3, 0.4) is 0 Å². The summed E-state index contributed by atoms with van der Waals surface area (Å²) >= 11 is 0. The van der Waals surface area contributed by atoms with Gasteiger partial charge in [-0.05, 0) is 38.9 Å². The minimum atomic E-state index is 0.684. The fourth-order valence-electron chi connectivity index (χ4n) is 2.84. The molecule has 1 aliphatic rings. The summed E-state index contributed by atoms with van der Waals surface area (Å²) in [7, 11) is 4.11. The zero-order valence-corrected chi connectivity index (χ0v) is 11.9. The first kappa shape index (κ1) is 13.6. The third-order valence-corrected chi connectivity index (χ3v) is 3.94. The minimum Gasteiger partial charge on any atom is -0.318 e. The first-order valence-electron chi connectivity index (χ1n) is 7.15. The maximum Gasteiger partial charge on any atom is 0.0625 e. The summed E-state index contributed by atoms with van der Waals surface area (Å²) in [6, 6.07) is 2.94. The number of likely N-dealkylation sites (tertiary alicyclic amines) is 1. The van der Waals surface area contributed by atoms with Crippen LogP contribution in [0.1, 0.15) is 37.6 Å². The molecule has 1 N–H and O–H groups in total. The van der Waals surface area contributed by atoms with Gasteiger partial charge in [0.1, 0.15) is 0 Å². The van der Waals surface area contributed by atoms with E-state index in [0.717, 1.165) is 19.5 Å². The summed E-state index contributed by atoms with van der Waals surface area (Å²) in [4.78, 5) is 2.61. The molecule has 4 nitrogen and oxygen atoms in total. The van der Waals surface area contributed by atoms with Crippen LogP contribution in [0.4, 0.5) is 0 Å². The van der Waals surface area contributed by atoms with Crippen LogP contribution >= 0.6 is 0 Å². The molecule has 102 valence electrons. The number of hydrogen-bond donors (Lipinski definition) is 1. The Hall–Kier alpha value is -0.870. The van der Waals surface area contributed by atoms with E-state index in [1.807, 2.05) is 11.7 Å². The lowest BCUT2D eigenvalue weighted by molar-refractivity contribution is 0.136. The van der Waals surface area contributed by atoms with E-state index < -0.39 is 0 Å². The number of nitrogens with one attached hydrogen (secondary N) is 1. The van der Waals surface area contributed by atoms with Gasteiger partial charge < -0.3 is 5.32 Å². The van der Waals surface area contributed by atoms with Crippen LogP contribution in [-0.2, 0) is 20.0 Å². The second-order valence-electron chi connectivity index (χ2n) is 5.28. The van der Waals surface area contributed by atoms with Gasteiger partial charge in [0.05, 0.1) is 11.4 Å². The van der Waals surface area contributed by atoms with E-state index in [4.69, 9.17) is 0 Å². The van der Waals surface area contributed by atoms with Gasteiger partial charge in [-0.25, -0.2) is 0 Å². The smallest absolute Gasteiger partial charge is 0.0625 e. The van der Waals surface area contributed by atoms with Crippen molar-refractivity contribution in [1.82, 2.24) is 20.0 Å². The molecule has 1 unspecified atom stereocenters. The molecule has 0 amide bonds. The Balaban J connectivity index is 2.03. The normalized spacial score (nSPS) is 21.4. The van der Waals surface area contributed by atoms with Crippen molar-refractivity contribution in [1.29, 1.82) is 0 Å². The lowest BCUT2D eigenvalue weighted by atomic mass is 10.0. The van der Waals surface area contributed by atoms with E-state index in [1.54, 1.807) is 0 Å². The molecule has 2 heterocycles. The molecular formula is C14H26N4. The Kier molecular flexibility index (Phi) is 4.78. The number of nitrogens with zero attached hydrogens (tertiary/aromatic N) is 3. The molecule has 0 spiro atoms. The number of aryl methyl sites for hydroxylation is 2. The predicted octanol–water partition coefficient (Wildman–Crippen LogP) is 1.56. The van der Waals surface area contributed by atoms with Crippen molar-refractivity contribution < 1.29 is 0 Å². The van der Waals surface area contributed by atoms with Gasteiger partial charge in [0, 0.05) is 26.2 Å². The van der Waals surface area contributed by atoms with Crippen molar-refractivity contribution in [2.24, 2.45) is 7.05 Å². The maximum absolute atomic E-state index is 4.54. The summed E-state index contributed by atoms with van der Waals surface area (Å²) in [6.07, 6.45) is 5.04. The van der Waals surface area contributed by atoms with Gasteiger partial charge in [-0.1, -0.05) is 13.3 Å². The molecule has 1 aromatic heterocycles. The standard InChI is InChI=1S/C14H26N4/c1-4-12-9-14(17(3)16-12)11-18-8-6-5-7-13(18)10-15-2/h9,13,15H,4-8,10-11H2,1-3H3. The first-order valence-corrected chi connectivity index (χ1v) is 7.15. The van der Waals surface area contributed by atoms with Gasteiger partial charge in [0.25, 0.3) is 0 Å². The monoisotopic (exact) mass is 250 g/mol. The van der Waals surface area contributed by atoms with E-state index in [2.05, 4.69) is 35.4 Å². The van der Waals surface area contributed by atoms with Crippen molar-refractivity contribution in [2.45, 2.75) is 45.2 Å². The SMILES string of the molecule is CCc1cc(CN2CCCCC2CNC)n(C)n1. The number of likely N-dealkylation sites (N-methyl/N-ethyl adjacent to an activating group) is 1. The summed E-state index contributed by atoms with van der Waals surface area (Å²) < 4.78 is 2.05. The third kappa shape index (κ3) is 3.12. The Bertz CT molecular complexity index is 370. The fraction of sp³-hybridized carbons (Fsp3) is 0.786. The number of hydrogen-bond acceptors (Lipinski definition) is 3. The van der Waals surface area contributed by atoms with Crippen LogP contribution in [0.5, 0.6) is 0 Å². The van der Waals surface area contributed by atoms with Crippen molar-refractivity contribution in [3.63, 3.8) is 0 Å². The second-order valence-corrected chi connectivity index (χ2v) is 5.28. The average Bonchev–Trinajstić information content (AvgIpc) is 2.73. The molecule has 1 aromatic rings. The molecule has 1 aliphatic heterocycles. The van der Waals surface area contributed by atoms with Gasteiger partial charge in [0.2, 0.25) is 0 Å². The van der Waals surface area contributed by atoms with E-state index >= 15 is 0 Å². The van der Waals surface area contributed by atoms with E-state index in [9.17, 15) is 0 Å². The fourth-order valence-corrected chi connectivity index (χ4v) is 2.84. The van der Waals surface area contributed by atoms with Gasteiger partial charge in [0.15, 0.2) is 0 Å². The highest BCUT2D eigenvalue weighted by atomic mass is 15.3. The molecule has 0 bridgehead atoms. The maximum atomic E-state index is 4.54. The average molecular weight is 250 g/mol. The highest BCUT2D eigenvalue weighted by Crippen LogP contribution is 2.19. The molecular weight excluding hydrogens is 224 g/mol. The van der Waals surface area contributed by atoms with Gasteiger partial charge in [-0.2, -0.15) is 5.10 Å². The Morgan fingerprint density at radius 3 is 2.94 bits per heavy atom. The summed E-state index contributed by atoms with van der Waals surface area (Å²) in [6.45, 7) is 5.52. The van der Waals surface area contributed by atoms with E-state index in [0.29, 0.717) is 6.04 Å². The first-order chi connectivity index (χ1) is 8.74. The highest BCUT2D eigenvalue weighted by Gasteiger charge is 2.22. The minimum absolute atomic E-state index is 0.684. The molecule has 4 heteroatoms. The molecule has 2 rings (SSSR count). The van der Waals surface area contributed by atoms with Crippen molar-refractivity contribution in [3.8, 4) is 0 Å². The molecule has 0 aliphatic carbocycles. The highest BCUT2D eigenvalue weighted by molar-refractivity contribution is 5.10. The van der Waals surface area contributed by atoms with E-state index in [1.165, 1.54) is 37.2 Å². The molecule has 0 radical (unpaired) electrons. The number of piperidine rings is 1. The summed E-state index contributed by atoms with van der Waals surface area (Å²) in [5.74, 6) is 0. The summed E-state index contributed by atoms with van der Waals surface area (Å²) in [5, 5.41) is 7.86. The molecule has 1 saturated heterocycles. The van der Waals surface area contributed by atoms with Crippen LogP contribution in [0.15, 0.2) is 6.07 Å². The quantitative estimate of drug-likeness (QED) is 0.861. The summed E-state index contributed by atoms with van der Waals surface area (Å²) in [5.41, 5.74) is 2.55. The zero-order chi connectivity index (χ0) is 13.0. The largest absolute Gasteiger partial charge is 0.318 e. The molecule has 0 aromatic carbocycles. The van der Waals surface area contributed by atoms with Gasteiger partial charge in [-0.3, -0.25) is 9.58 Å². The van der Waals surface area contributed by atoms with Crippen molar-refractivity contribution in [3.05, 3.63) is 17.5 Å². The Labute approximate surface area is 110 Å². The Morgan fingerprint density at radius 2 is 2.28 bits per heavy atom. The van der Waals surface area contributed by atoms with E-state index in [-0.39, 0.29) is 0 Å². The molecule has 1 atom stereocenters. The second kappa shape index (κ2) is 6.34. The van der Waals surface area contributed by atoms with Crippen LogP contribution in [-0.4, -0.2) is 40.9 Å². The lowest BCUT2D eigenvalue weighted by Gasteiger charge is -2.35. The van der Waals surface area contributed by atoms with Crippen molar-refractivity contribution in [2.75, 3.05) is 20.1 Å². The number of aromatic nitrogens is 2. The van der Waals surface area contributed by atoms with Crippen LogP contribution in [0.2, 0.25) is 0 Å². The van der Waals surface area contributed by atoms with Crippen molar-refractivity contribution >= 4 is 0 Å². The van der Waals surface area contributed by atoms with Gasteiger partial charge in [-0.15, -0.1) is 0 Å². The zero-order valence-electron chi connectivity index (χ0n) is 11.9. The van der Waals surface area contributed by atoms with Crippen LogP contribution in [0.25, 0.3) is 0 Å². The van der Waals surface area contributed by atoms with Gasteiger partial charge >= 0.3 is 0 Å². The lowest BCUT2D eigenvalue weighted by Crippen LogP contribution is -2.44. The topological polar surface area (TPSA) is 33.1 Å². The third-order valence-electron chi connectivity index (χ3n) is 3.94. The number of rotatable bonds is 5. The Morgan fingerprint density at radius 1 is 1.44 bits per heavy atom.